The Morgan fingerprint density at radius 3 is 2.62 bits per heavy atom. The maximum absolute atomic E-state index is 12.8. The largest absolute Gasteiger partial charge is 0.389 e. The zero-order chi connectivity index (χ0) is 26.2. The predicted molar refractivity (Wildman–Crippen MR) is 143 cm³/mol. The fourth-order valence-corrected chi connectivity index (χ4v) is 5.80. The second-order valence-electron chi connectivity index (χ2n) is 10.8. The summed E-state index contributed by atoms with van der Waals surface area (Å²) in [6, 6.07) is 5.86. The highest BCUT2D eigenvalue weighted by Crippen LogP contribution is 2.34. The predicted octanol–water partition coefficient (Wildman–Crippen LogP) is 3.07. The van der Waals surface area contributed by atoms with Crippen LogP contribution in [0.2, 0.25) is 5.02 Å². The van der Waals surface area contributed by atoms with Gasteiger partial charge in [0.1, 0.15) is 11.9 Å². The van der Waals surface area contributed by atoms with Crippen LogP contribution in [0.4, 0.5) is 11.5 Å². The number of benzene rings is 1. The molecule has 1 aromatic carbocycles. The molecule has 1 aromatic heterocycles. The van der Waals surface area contributed by atoms with Crippen LogP contribution in [0.3, 0.4) is 0 Å². The van der Waals surface area contributed by atoms with Crippen LogP contribution in [-0.4, -0.2) is 96.9 Å². The number of amides is 1. The smallest absolute Gasteiger partial charge is 0.254 e. The molecule has 0 bridgehead atoms. The number of carbonyl (C=O) groups excluding carboxylic acids is 1. The Morgan fingerprint density at radius 2 is 1.97 bits per heavy atom. The Bertz CT molecular complexity index is 1120. The van der Waals surface area contributed by atoms with Gasteiger partial charge >= 0.3 is 0 Å². The zero-order valence-corrected chi connectivity index (χ0v) is 22.5. The normalized spacial score (nSPS) is 29.2. The molecule has 2 N–H and O–H groups in total. The zero-order valence-electron chi connectivity index (χ0n) is 21.8. The van der Waals surface area contributed by atoms with E-state index in [-0.39, 0.29) is 23.7 Å². The summed E-state index contributed by atoms with van der Waals surface area (Å²) >= 11 is 6.68. The number of piperazine rings is 1. The van der Waals surface area contributed by atoms with Crippen molar-refractivity contribution in [2.24, 2.45) is 0 Å². The van der Waals surface area contributed by atoms with Crippen LogP contribution in [-0.2, 0) is 19.0 Å². The number of fused-ring (bicyclic) bond motifs is 1. The van der Waals surface area contributed by atoms with Gasteiger partial charge in [-0.05, 0) is 57.2 Å². The van der Waals surface area contributed by atoms with Crippen LogP contribution in [0.15, 0.2) is 24.4 Å². The number of hydrogen-bond acceptors (Lipinski definition) is 8. The van der Waals surface area contributed by atoms with Gasteiger partial charge in [-0.3, -0.25) is 9.69 Å². The van der Waals surface area contributed by atoms with Gasteiger partial charge in [0, 0.05) is 37.8 Å². The highest BCUT2D eigenvalue weighted by Gasteiger charge is 2.44. The number of aromatic nitrogens is 1. The first-order chi connectivity index (χ1) is 17.7. The molecule has 3 aliphatic rings. The van der Waals surface area contributed by atoms with E-state index < -0.39 is 12.2 Å². The molecule has 4 heterocycles. The molecule has 3 fully saturated rings. The summed E-state index contributed by atoms with van der Waals surface area (Å²) < 4.78 is 17.1. The number of rotatable bonds is 6. The average Bonchev–Trinajstić information content (AvgIpc) is 3.23. The first kappa shape index (κ1) is 26.6. The maximum atomic E-state index is 12.8. The Labute approximate surface area is 223 Å². The average molecular weight is 533 g/mol. The van der Waals surface area contributed by atoms with Crippen LogP contribution in [0.1, 0.15) is 33.6 Å². The Balaban J connectivity index is 1.24. The Hall–Kier alpha value is -2.01. The summed E-state index contributed by atoms with van der Waals surface area (Å²) in [6.45, 7) is 10.6. The van der Waals surface area contributed by atoms with Crippen molar-refractivity contribution < 1.29 is 24.1 Å². The second kappa shape index (κ2) is 11.0. The molecule has 37 heavy (non-hydrogen) atoms. The van der Waals surface area contributed by atoms with Gasteiger partial charge in [-0.25, -0.2) is 4.98 Å². The number of nitrogens with one attached hydrogen (secondary N) is 1. The van der Waals surface area contributed by atoms with Crippen LogP contribution in [0.25, 0.3) is 10.8 Å². The molecular weight excluding hydrogens is 496 g/mol. The molecule has 3 aliphatic heterocycles. The lowest BCUT2D eigenvalue weighted by Gasteiger charge is -2.45. The molecule has 1 amide bonds. The van der Waals surface area contributed by atoms with Gasteiger partial charge in [0.15, 0.2) is 0 Å². The van der Waals surface area contributed by atoms with Crippen LogP contribution in [0, 0.1) is 0 Å². The fraction of sp³-hybridized carbons (Fsp3) is 0.630. The number of hydrogen-bond donors (Lipinski definition) is 2. The summed E-state index contributed by atoms with van der Waals surface area (Å²) in [4.78, 5) is 21.8. The number of ether oxygens (including phenoxy) is 3. The number of aliphatic hydroxyl groups is 1. The number of aliphatic hydroxyl groups excluding tert-OH is 1. The van der Waals surface area contributed by atoms with Crippen molar-refractivity contribution in [1.82, 2.24) is 9.88 Å². The molecule has 4 unspecified atom stereocenters. The second-order valence-corrected chi connectivity index (χ2v) is 11.2. The van der Waals surface area contributed by atoms with Crippen molar-refractivity contribution in [2.75, 3.05) is 56.2 Å². The molecule has 202 valence electrons. The minimum absolute atomic E-state index is 0.0345. The molecule has 0 radical (unpaired) electrons. The standard InChI is InChI=1S/C27H37ClN4O5/c1-17(2)37-20-4-5-23(36-14-20)26(34)30-25-12-18-11-22(21(28)10-19(18)13-29-25)31-6-8-32(9-7-31)27(3)16-35-15-24(27)33/h10-13,17,20,23-24,33H,4-9,14-16H2,1-3H3,(H,29,30,34). The Morgan fingerprint density at radius 1 is 1.19 bits per heavy atom. The van der Waals surface area contributed by atoms with E-state index in [4.69, 9.17) is 25.8 Å². The summed E-state index contributed by atoms with van der Waals surface area (Å²) in [5, 5.41) is 15.9. The number of nitrogens with zero attached hydrogens (tertiary/aromatic N) is 3. The lowest BCUT2D eigenvalue weighted by Crippen LogP contribution is -2.60. The van der Waals surface area contributed by atoms with Crippen molar-refractivity contribution in [3.05, 3.63) is 29.4 Å². The van der Waals surface area contributed by atoms with E-state index in [0.29, 0.717) is 37.1 Å². The fourth-order valence-electron chi connectivity index (χ4n) is 5.51. The van der Waals surface area contributed by atoms with E-state index in [0.717, 1.165) is 49.1 Å². The van der Waals surface area contributed by atoms with E-state index in [1.165, 1.54) is 0 Å². The minimum Gasteiger partial charge on any atom is -0.389 e. The summed E-state index contributed by atoms with van der Waals surface area (Å²) in [5.74, 6) is 0.301. The van der Waals surface area contributed by atoms with Crippen LogP contribution in [0.5, 0.6) is 0 Å². The number of carbonyl (C=O) groups is 1. The quantitative estimate of drug-likeness (QED) is 0.586. The van der Waals surface area contributed by atoms with Crippen molar-refractivity contribution in [2.45, 2.75) is 63.6 Å². The van der Waals surface area contributed by atoms with E-state index in [9.17, 15) is 9.90 Å². The molecule has 9 nitrogen and oxygen atoms in total. The van der Waals surface area contributed by atoms with Crippen molar-refractivity contribution >= 4 is 39.8 Å². The SMILES string of the molecule is CC(C)OC1CCC(C(=O)Nc2cc3cc(N4CCN(C5(C)COCC5O)CC4)c(Cl)cc3cn2)OC1. The van der Waals surface area contributed by atoms with Gasteiger partial charge < -0.3 is 29.5 Å². The van der Waals surface area contributed by atoms with E-state index in [1.54, 1.807) is 6.20 Å². The topological polar surface area (TPSA) is 96.4 Å². The number of halogens is 1. The molecule has 2 aromatic rings. The summed E-state index contributed by atoms with van der Waals surface area (Å²) in [6.07, 6.45) is 2.33. The van der Waals surface area contributed by atoms with E-state index in [1.807, 2.05) is 26.0 Å². The number of anilines is 2. The molecule has 0 spiro atoms. The molecule has 10 heteroatoms. The third-order valence-electron chi connectivity index (χ3n) is 7.76. The number of pyridine rings is 1. The lowest BCUT2D eigenvalue weighted by molar-refractivity contribution is -0.141. The molecule has 4 atom stereocenters. The van der Waals surface area contributed by atoms with Crippen molar-refractivity contribution in [3.8, 4) is 0 Å². The van der Waals surface area contributed by atoms with E-state index >= 15 is 0 Å². The third kappa shape index (κ3) is 5.72. The van der Waals surface area contributed by atoms with E-state index in [2.05, 4.69) is 33.1 Å². The highest BCUT2D eigenvalue weighted by atomic mass is 35.5. The molecular formula is C27H37ClN4O5. The summed E-state index contributed by atoms with van der Waals surface area (Å²) in [5.41, 5.74) is 0.611. The van der Waals surface area contributed by atoms with Crippen LogP contribution < -0.4 is 10.2 Å². The first-order valence-corrected chi connectivity index (χ1v) is 13.5. The van der Waals surface area contributed by atoms with Gasteiger partial charge in [-0.2, -0.15) is 0 Å². The van der Waals surface area contributed by atoms with Crippen molar-refractivity contribution in [1.29, 1.82) is 0 Å². The van der Waals surface area contributed by atoms with Gasteiger partial charge in [-0.15, -0.1) is 0 Å². The van der Waals surface area contributed by atoms with Gasteiger partial charge in [0.25, 0.3) is 5.91 Å². The minimum atomic E-state index is -0.507. The molecule has 0 saturated carbocycles. The summed E-state index contributed by atoms with van der Waals surface area (Å²) in [7, 11) is 0. The van der Waals surface area contributed by atoms with Crippen molar-refractivity contribution in [3.63, 3.8) is 0 Å². The molecule has 3 saturated heterocycles. The molecule has 5 rings (SSSR count). The highest BCUT2D eigenvalue weighted by molar-refractivity contribution is 6.34. The van der Waals surface area contributed by atoms with Gasteiger partial charge in [-0.1, -0.05) is 11.6 Å². The first-order valence-electron chi connectivity index (χ1n) is 13.2. The van der Waals surface area contributed by atoms with Gasteiger partial charge in [0.05, 0.1) is 54.4 Å². The Kier molecular flexibility index (Phi) is 7.91. The maximum Gasteiger partial charge on any atom is 0.254 e. The lowest BCUT2D eigenvalue weighted by atomic mass is 9.95. The molecule has 0 aliphatic carbocycles. The van der Waals surface area contributed by atoms with Gasteiger partial charge in [0.2, 0.25) is 0 Å². The van der Waals surface area contributed by atoms with Crippen LogP contribution >= 0.6 is 11.6 Å². The monoisotopic (exact) mass is 532 g/mol. The third-order valence-corrected chi connectivity index (χ3v) is 8.06.